The fourth-order valence-electron chi connectivity index (χ4n) is 18.7. The molecule has 0 unspecified atom stereocenters. The number of hydrogen-bond acceptors (Lipinski definition) is 58. The van der Waals surface area contributed by atoms with E-state index in [-0.39, 0.29) is 5.82 Å². The van der Waals surface area contributed by atoms with Crippen molar-refractivity contribution in [3.63, 3.8) is 0 Å². The van der Waals surface area contributed by atoms with Gasteiger partial charge in [-0.15, -0.1) is 0 Å². The van der Waals surface area contributed by atoms with E-state index in [2.05, 4.69) is 36.9 Å². The number of carbonyl (C=O) groups excluding carboxylic acids is 5. The molecule has 0 aliphatic carbocycles. The molecule has 850 valence electrons. The number of aromatic nitrogens is 1. The maximum atomic E-state index is 13.5. The van der Waals surface area contributed by atoms with E-state index in [0.29, 0.717) is 0 Å². The molecule has 11 heterocycles. The van der Waals surface area contributed by atoms with E-state index in [1.807, 2.05) is 0 Å². The van der Waals surface area contributed by atoms with Crippen molar-refractivity contribution in [2.24, 2.45) is 0 Å². The Hall–Kier alpha value is -6.23. The van der Waals surface area contributed by atoms with Crippen molar-refractivity contribution in [2.75, 3.05) is 77.9 Å². The number of carboxylic acids is 1. The number of anilines is 1. The molecule has 37 N–H and O–H groups in total. The molecule has 10 aliphatic rings. The number of nitrogens with zero attached hydrogens (tertiary/aromatic N) is 1. The highest BCUT2D eigenvalue weighted by Crippen LogP contribution is 2.43. The number of aliphatic hydroxyl groups is 30. The van der Waals surface area contributed by atoms with Crippen LogP contribution in [0.3, 0.4) is 0 Å². The molecular formula is C84H137N7O57. The number of amides is 5. The zero-order valence-electron chi connectivity index (χ0n) is 79.9. The van der Waals surface area contributed by atoms with Gasteiger partial charge in [-0.25, -0.2) is 9.78 Å². The summed E-state index contributed by atoms with van der Waals surface area (Å²) in [6, 6.07) is -5.05. The first-order valence-electron chi connectivity index (χ1n) is 47.1. The average molecular weight is 2160 g/mol. The van der Waals surface area contributed by atoms with Crippen molar-refractivity contribution in [1.29, 1.82) is 0 Å². The Morgan fingerprint density at radius 2 is 0.791 bits per heavy atom. The quantitative estimate of drug-likeness (QED) is 0.0288. The topological polar surface area (TPSA) is 999 Å². The molecule has 10 fully saturated rings. The van der Waals surface area contributed by atoms with Crippen LogP contribution in [-0.4, -0.2) is 608 Å². The molecule has 10 saturated heterocycles. The number of carbonyl (C=O) groups is 6. The fourth-order valence-corrected chi connectivity index (χ4v) is 18.7. The van der Waals surface area contributed by atoms with Crippen molar-refractivity contribution in [3.8, 4) is 0 Å². The van der Waals surface area contributed by atoms with Crippen molar-refractivity contribution < 1.29 is 282 Å². The summed E-state index contributed by atoms with van der Waals surface area (Å²) in [7, 11) is 0. The second kappa shape index (κ2) is 54.0. The first-order valence-corrected chi connectivity index (χ1v) is 47.1. The minimum absolute atomic E-state index is 0.166. The van der Waals surface area contributed by atoms with Crippen LogP contribution in [0.5, 0.6) is 0 Å². The van der Waals surface area contributed by atoms with Gasteiger partial charge in [0.15, 0.2) is 56.6 Å². The Bertz CT molecular complexity index is 4310. The molecule has 0 aromatic carbocycles. The van der Waals surface area contributed by atoms with Gasteiger partial charge in [-0.3, -0.25) is 24.0 Å². The molecule has 10 aliphatic heterocycles. The lowest BCUT2D eigenvalue weighted by molar-refractivity contribution is -0.399. The average Bonchev–Trinajstić information content (AvgIpc) is 0.749. The lowest BCUT2D eigenvalue weighted by atomic mass is 9.88. The van der Waals surface area contributed by atoms with Gasteiger partial charge in [-0.05, 0) is 19.1 Å². The summed E-state index contributed by atoms with van der Waals surface area (Å²) in [5.41, 5.74) is 0. The van der Waals surface area contributed by atoms with E-state index in [1.54, 1.807) is 12.1 Å². The molecule has 11 rings (SSSR count). The Kier molecular flexibility index (Phi) is 44.5. The standard InChI is InChI=1S/C84H137N7O57/c1-23-46(108)57(119)61(123)77(131-23)129-21-32(107)65(47(109)29(87-24(2)100)12-86-41-9-7-8-10-85-41)140-74-43(89-26(4)102)54(116)67(38(19-98)136-74)142-79-63(125)70(144-82-73(60(122)51(113)35(16-95)135-82)146-76-45(91-28(6)104)55(117)66(37(18-97)138-76)141-78-62(124)58(120)49(111)33(14-93)132-78)53(115)40(139-79)22-130-81-72(59(121)50(112)34(15-94)134-81)145-75-44(90-27(5)103)56(118)68(39(20-99)137-75)143-80-64(126)71(52(114)36(17-96)133-80)148-84(83(127)128)11-30(105)42(88-25(3)101)69(147-84)48(110)31(106)13-92/h7-10,23,29-40,42-82,92-99,105-126H,11-22H2,1-6H3,(H,85,86)(H,87,100)(H,88,101)(H,89,102)(H,90,103)(H,91,104)(H,127,128)/t23-,29-,30-,31+,32+,33+,34+,35+,36+,37+,38+,39+,40+,42+,43+,44+,45+,46+,47+,48+,49-,50+,51+,52-,53+,54+,55+,56+,57+,58-,59-,60-,61-,62+,63-,64+,65+,66+,67+,68+,69+,70-,71-,72-,73-,74-,75-,76-,77+,78-,79-,80-,81-,82+,84-/m0/s1. The van der Waals surface area contributed by atoms with E-state index < -0.39 is 451 Å². The van der Waals surface area contributed by atoms with E-state index in [4.69, 9.17) is 94.7 Å². The van der Waals surface area contributed by atoms with Crippen LogP contribution < -0.4 is 31.9 Å². The fraction of sp³-hybridized carbons (Fsp3) is 0.869. The molecule has 5 amide bonds. The van der Waals surface area contributed by atoms with Gasteiger partial charge in [0, 0.05) is 53.8 Å². The summed E-state index contributed by atoms with van der Waals surface area (Å²) < 4.78 is 120. The summed E-state index contributed by atoms with van der Waals surface area (Å²) in [5.74, 6) is -10.2. The van der Waals surface area contributed by atoms with E-state index in [9.17, 15) is 187 Å². The minimum atomic E-state index is -3.34. The summed E-state index contributed by atoms with van der Waals surface area (Å²) in [5, 5.41) is 367. The molecule has 0 bridgehead atoms. The van der Waals surface area contributed by atoms with E-state index in [0.717, 1.165) is 34.6 Å². The monoisotopic (exact) mass is 2160 g/mol. The molecule has 1 aromatic rings. The number of rotatable bonds is 44. The van der Waals surface area contributed by atoms with Crippen LogP contribution >= 0.6 is 0 Å². The summed E-state index contributed by atoms with van der Waals surface area (Å²) >= 11 is 0. The van der Waals surface area contributed by atoms with Gasteiger partial charge in [0.05, 0.1) is 90.4 Å². The van der Waals surface area contributed by atoms with Crippen molar-refractivity contribution in [2.45, 2.75) is 385 Å². The normalized spacial score (nSPS) is 44.3. The molecular weight excluding hydrogens is 2020 g/mol. The largest absolute Gasteiger partial charge is 0.477 e. The zero-order chi connectivity index (χ0) is 109. The SMILES string of the molecule is CC(=O)N[C@H]1[C@H](O[C@@H]([C@H](O)[C@H](CNc2ccccn2)NC(C)=O)[C@H](O)CO[C@@H]2O[C@@H](C)[C@@H](O)[C@@H](O)[C@@H]2O)O[C@H](CO)[C@@H](O[C@@H]2O[C@H](CO[C@H]3O[C@H](CO)[C@@H](O)[C@H](O)[C@@H]3O[C@@H]3O[C@H](CO)[C@@H](O[C@@H]4O[C@H](CO)[C@H](O)[C@H](O[C@]5(C(=O)O)C[C@H](O)[C@@H](NC(C)=O)[C@H]([C@H](O)[C@H](O)CO)O5)[C@H]4O)[C@H](O)[C@H]3NC(C)=O)[C@@H](O)[C@H](O[C@H]3O[C@H](CO)[C@@H](O)[C@H](O)[C@@H]3O[C@@H]3O[C@H](CO)[C@@H](O[C@@H]4O[C@H](CO)[C@H](O)[C@H](O)[C@H]4O)[C@H](O)[C@H]3NC(C)=O)[C@@H]2O)[C@@H]1O. The van der Waals surface area contributed by atoms with Gasteiger partial charge < -0.3 is 285 Å². The Morgan fingerprint density at radius 3 is 1.26 bits per heavy atom. The summed E-state index contributed by atoms with van der Waals surface area (Å²) in [4.78, 5) is 82.8. The highest BCUT2D eigenvalue weighted by molar-refractivity contribution is 5.77. The summed E-state index contributed by atoms with van der Waals surface area (Å²) in [6.45, 7) is -6.80. The van der Waals surface area contributed by atoms with Crippen LogP contribution in [0.15, 0.2) is 24.4 Å². The number of nitrogens with one attached hydrogen (secondary N) is 6. The third kappa shape index (κ3) is 28.0. The van der Waals surface area contributed by atoms with Gasteiger partial charge in [-0.1, -0.05) is 6.07 Å². The maximum Gasteiger partial charge on any atom is 0.364 e. The van der Waals surface area contributed by atoms with Crippen molar-refractivity contribution >= 4 is 41.3 Å². The Labute approximate surface area is 839 Å². The van der Waals surface area contributed by atoms with Gasteiger partial charge in [-0.2, -0.15) is 0 Å². The third-order valence-electron chi connectivity index (χ3n) is 26.5. The van der Waals surface area contributed by atoms with Crippen LogP contribution in [0.25, 0.3) is 0 Å². The van der Waals surface area contributed by atoms with Gasteiger partial charge in [0.25, 0.3) is 5.79 Å². The minimum Gasteiger partial charge on any atom is -0.477 e. The number of aliphatic carboxylic acids is 1. The van der Waals surface area contributed by atoms with Crippen LogP contribution in [0, 0.1) is 0 Å². The first kappa shape index (κ1) is 122. The molecule has 1 aromatic heterocycles. The molecule has 0 spiro atoms. The molecule has 0 radical (unpaired) electrons. The highest BCUT2D eigenvalue weighted by Gasteiger charge is 2.65. The van der Waals surface area contributed by atoms with Gasteiger partial charge in [0.2, 0.25) is 29.5 Å². The molecule has 64 nitrogen and oxygen atoms in total. The number of pyridine rings is 1. The van der Waals surface area contributed by atoms with Crippen molar-refractivity contribution in [1.82, 2.24) is 31.6 Å². The maximum absolute atomic E-state index is 13.5. The lowest BCUT2D eigenvalue weighted by Gasteiger charge is -2.51. The molecule has 55 atom stereocenters. The first-order chi connectivity index (χ1) is 69.9. The second-order valence-corrected chi connectivity index (χ2v) is 37.1. The lowest BCUT2D eigenvalue weighted by Crippen LogP contribution is -2.71. The van der Waals surface area contributed by atoms with Crippen LogP contribution in [0.2, 0.25) is 0 Å². The van der Waals surface area contributed by atoms with E-state index >= 15 is 0 Å². The third-order valence-corrected chi connectivity index (χ3v) is 26.5. The zero-order valence-corrected chi connectivity index (χ0v) is 79.9. The Morgan fingerprint density at radius 1 is 0.392 bits per heavy atom. The van der Waals surface area contributed by atoms with Crippen molar-refractivity contribution in [3.05, 3.63) is 24.4 Å². The smallest absolute Gasteiger partial charge is 0.364 e. The molecule has 148 heavy (non-hydrogen) atoms. The second-order valence-electron chi connectivity index (χ2n) is 37.1. The predicted molar refractivity (Wildman–Crippen MR) is 464 cm³/mol. The van der Waals surface area contributed by atoms with Crippen LogP contribution in [0.1, 0.15) is 48.0 Å². The predicted octanol–water partition coefficient (Wildman–Crippen LogP) is -22.9. The Balaban J connectivity index is 0.927. The van der Waals surface area contributed by atoms with Gasteiger partial charge >= 0.3 is 5.97 Å². The number of aliphatic hydroxyl groups excluding tert-OH is 30. The van der Waals surface area contributed by atoms with E-state index in [1.165, 1.54) is 19.2 Å². The number of hydrogen-bond donors (Lipinski definition) is 37. The van der Waals surface area contributed by atoms with Crippen LogP contribution in [0.4, 0.5) is 5.82 Å². The van der Waals surface area contributed by atoms with Crippen LogP contribution in [-0.2, 0) is 124 Å². The van der Waals surface area contributed by atoms with Gasteiger partial charge in [0.1, 0.15) is 256 Å². The molecule has 64 heteroatoms. The highest BCUT2D eigenvalue weighted by atomic mass is 16.8. The summed E-state index contributed by atoms with van der Waals surface area (Å²) in [6.07, 6.45) is -109. The molecule has 0 saturated carbocycles. The number of ether oxygens (including phenoxy) is 20. The number of carboxylic acid groups (broad SMARTS) is 1.